The molecule has 1 aliphatic rings. The Morgan fingerprint density at radius 1 is 0.935 bits per heavy atom. The molecule has 1 fully saturated rings. The molecule has 1 aliphatic heterocycles. The molecule has 5 nitrogen and oxygen atoms in total. The summed E-state index contributed by atoms with van der Waals surface area (Å²) in [5.74, 6) is 0. The van der Waals surface area contributed by atoms with Gasteiger partial charge in [0.15, 0.2) is 0 Å². The summed E-state index contributed by atoms with van der Waals surface area (Å²) in [6.45, 7) is 5.98. The molecule has 0 aliphatic carbocycles. The van der Waals surface area contributed by atoms with E-state index in [-0.39, 0.29) is 0 Å². The molecule has 31 heavy (non-hydrogen) atoms. The maximum Gasteiger partial charge on any atom is 0.221 e. The largest absolute Gasteiger partial charge is 0.310 e. The van der Waals surface area contributed by atoms with Gasteiger partial charge in [0.1, 0.15) is 0 Å². The number of aromatic nitrogens is 2. The van der Waals surface area contributed by atoms with Gasteiger partial charge in [-0.3, -0.25) is 4.90 Å². The predicted octanol–water partition coefficient (Wildman–Crippen LogP) is 4.83. The van der Waals surface area contributed by atoms with E-state index in [1.165, 1.54) is 21.9 Å². The van der Waals surface area contributed by atoms with Crippen molar-refractivity contribution >= 4 is 21.8 Å². The maximum atomic E-state index is 9.32. The summed E-state index contributed by atoms with van der Waals surface area (Å²) in [6, 6.07) is 24.1. The Morgan fingerprint density at radius 2 is 1.65 bits per heavy atom. The highest BCUT2D eigenvalue weighted by atomic mass is 15.2. The lowest BCUT2D eigenvalue weighted by Gasteiger charge is -2.33. The first-order chi connectivity index (χ1) is 15.3. The van der Waals surface area contributed by atoms with E-state index in [0.29, 0.717) is 6.04 Å². The third kappa shape index (κ3) is 3.64. The number of aryl methyl sites for hydroxylation is 1. The Balaban J connectivity index is 1.38. The molecule has 156 valence electrons. The summed E-state index contributed by atoms with van der Waals surface area (Å²) >= 11 is 0. The molecule has 3 aromatic carbocycles. The third-order valence-corrected chi connectivity index (χ3v) is 6.50. The van der Waals surface area contributed by atoms with Crippen molar-refractivity contribution in [2.75, 3.05) is 13.1 Å². The number of nitrogens with zero attached hydrogens (tertiary/aromatic N) is 5. The second-order valence-electron chi connectivity index (χ2n) is 8.30. The first-order valence-corrected chi connectivity index (χ1v) is 11.1. The molecule has 0 amide bonds. The molecule has 0 N–H and O–H groups in total. The molecular weight excluding hydrogens is 382 g/mol. The number of piperidine rings is 1. The Hall–Kier alpha value is -3.36. The van der Waals surface area contributed by atoms with Crippen molar-refractivity contribution in [2.45, 2.75) is 38.9 Å². The molecule has 5 rings (SSSR count). The van der Waals surface area contributed by atoms with Gasteiger partial charge >= 0.3 is 0 Å². The monoisotopic (exact) mass is 409 g/mol. The molecule has 2 heterocycles. The quantitative estimate of drug-likeness (QED) is 0.453. The summed E-state index contributed by atoms with van der Waals surface area (Å²) in [4.78, 5) is 6.77. The Bertz CT molecular complexity index is 1330. The number of likely N-dealkylation sites (tertiary alicyclic amines) is 1. The summed E-state index contributed by atoms with van der Waals surface area (Å²) in [6.07, 6.45) is 4.15. The van der Waals surface area contributed by atoms with Crippen LogP contribution in [-0.2, 0) is 13.1 Å². The Kier molecular flexibility index (Phi) is 5.31. The number of imidazole rings is 1. The van der Waals surface area contributed by atoms with E-state index in [1.807, 2.05) is 6.19 Å². The number of hydrogen-bond donors (Lipinski definition) is 0. The third-order valence-electron chi connectivity index (χ3n) is 6.50. The zero-order valence-corrected chi connectivity index (χ0v) is 17.9. The minimum absolute atomic E-state index is 0.359. The van der Waals surface area contributed by atoms with Crippen molar-refractivity contribution in [1.82, 2.24) is 14.0 Å². The number of para-hydroxylation sites is 2. The molecular formula is C26H27N5. The second kappa shape index (κ2) is 8.41. The average Bonchev–Trinajstić information content (AvgIpc) is 3.13. The number of rotatable bonds is 4. The fourth-order valence-corrected chi connectivity index (χ4v) is 5.00. The number of fused-ring (bicyclic) bond motifs is 2. The lowest BCUT2D eigenvalue weighted by molar-refractivity contribution is 0.179. The van der Waals surface area contributed by atoms with Gasteiger partial charge in [-0.1, -0.05) is 48.5 Å². The van der Waals surface area contributed by atoms with Gasteiger partial charge in [-0.05, 0) is 54.3 Å². The lowest BCUT2D eigenvalue weighted by atomic mass is 10.0. The number of hydrogen-bond acceptors (Lipinski definition) is 3. The van der Waals surface area contributed by atoms with Crippen LogP contribution in [0.1, 0.15) is 31.4 Å². The lowest BCUT2D eigenvalue weighted by Crippen LogP contribution is -2.37. The van der Waals surface area contributed by atoms with Crippen LogP contribution in [0.25, 0.3) is 21.8 Å². The second-order valence-corrected chi connectivity index (χ2v) is 8.30. The van der Waals surface area contributed by atoms with Gasteiger partial charge in [0.05, 0.1) is 11.0 Å². The van der Waals surface area contributed by atoms with Crippen molar-refractivity contribution in [1.29, 1.82) is 5.26 Å². The molecule has 0 unspecified atom stereocenters. The zero-order valence-electron chi connectivity index (χ0n) is 17.9. The molecule has 0 radical (unpaired) electrons. The van der Waals surface area contributed by atoms with Crippen LogP contribution in [0.3, 0.4) is 0 Å². The molecule has 0 spiro atoms. The molecule has 0 saturated carbocycles. The van der Waals surface area contributed by atoms with Crippen LogP contribution in [0, 0.1) is 11.5 Å². The fourth-order valence-electron chi connectivity index (χ4n) is 5.00. The van der Waals surface area contributed by atoms with Crippen molar-refractivity contribution in [3.8, 4) is 6.19 Å². The molecule has 1 saturated heterocycles. The van der Waals surface area contributed by atoms with E-state index in [4.69, 9.17) is 0 Å². The van der Waals surface area contributed by atoms with Gasteiger partial charge in [0.25, 0.3) is 0 Å². The van der Waals surface area contributed by atoms with E-state index in [1.54, 1.807) is 0 Å². The Labute approximate surface area is 182 Å². The summed E-state index contributed by atoms with van der Waals surface area (Å²) < 4.78 is 4.45. The van der Waals surface area contributed by atoms with Crippen LogP contribution in [-0.4, -0.2) is 27.1 Å². The summed E-state index contributed by atoms with van der Waals surface area (Å²) in [5.41, 5.74) is 4.47. The highest BCUT2D eigenvalue weighted by Crippen LogP contribution is 2.27. The highest BCUT2D eigenvalue weighted by molar-refractivity contribution is 5.83. The smallest absolute Gasteiger partial charge is 0.221 e. The van der Waals surface area contributed by atoms with Crippen LogP contribution in [0.2, 0.25) is 0 Å². The van der Waals surface area contributed by atoms with E-state index >= 15 is 0 Å². The van der Waals surface area contributed by atoms with Crippen molar-refractivity contribution in [2.24, 2.45) is 4.99 Å². The highest BCUT2D eigenvalue weighted by Gasteiger charge is 2.24. The van der Waals surface area contributed by atoms with Crippen LogP contribution in [0.15, 0.2) is 71.7 Å². The zero-order chi connectivity index (χ0) is 21.2. The van der Waals surface area contributed by atoms with E-state index in [9.17, 15) is 5.26 Å². The summed E-state index contributed by atoms with van der Waals surface area (Å²) in [5, 5.41) is 11.9. The molecule has 4 aromatic rings. The van der Waals surface area contributed by atoms with Crippen molar-refractivity contribution in [3.05, 3.63) is 77.9 Å². The van der Waals surface area contributed by atoms with Gasteiger partial charge < -0.3 is 9.13 Å². The van der Waals surface area contributed by atoms with E-state index in [2.05, 4.69) is 92.7 Å². The van der Waals surface area contributed by atoms with Gasteiger partial charge in [-0.2, -0.15) is 5.26 Å². The van der Waals surface area contributed by atoms with E-state index in [0.717, 1.165) is 50.2 Å². The molecule has 0 atom stereocenters. The minimum atomic E-state index is 0.359. The minimum Gasteiger partial charge on any atom is -0.310 e. The van der Waals surface area contributed by atoms with Crippen LogP contribution in [0.5, 0.6) is 0 Å². The van der Waals surface area contributed by atoms with Gasteiger partial charge in [0, 0.05) is 32.2 Å². The molecule has 5 heteroatoms. The topological polar surface area (TPSA) is 49.2 Å². The average molecular weight is 410 g/mol. The first kappa shape index (κ1) is 19.6. The van der Waals surface area contributed by atoms with Crippen LogP contribution >= 0.6 is 0 Å². The van der Waals surface area contributed by atoms with Crippen LogP contribution in [0.4, 0.5) is 0 Å². The normalized spacial score (nSPS) is 16.2. The van der Waals surface area contributed by atoms with Crippen molar-refractivity contribution in [3.63, 3.8) is 0 Å². The standard InChI is InChI=1S/C26H27N5/c1-2-30-24-9-5-6-10-25(24)31(26(30)28-19-27)23-13-15-29(16-14-23)18-20-11-12-21-7-3-4-8-22(21)17-20/h3-12,17,23H,2,13-16,18H2,1H3. The number of nitriles is 1. The van der Waals surface area contributed by atoms with Crippen molar-refractivity contribution < 1.29 is 0 Å². The van der Waals surface area contributed by atoms with Gasteiger partial charge in [-0.15, -0.1) is 4.99 Å². The maximum absolute atomic E-state index is 9.32. The SMILES string of the molecule is CCn1c(=NC#N)n(C2CCN(Cc3ccc4ccccc4c3)CC2)c2ccccc21. The van der Waals surface area contributed by atoms with Crippen LogP contribution < -0.4 is 5.62 Å². The Morgan fingerprint density at radius 3 is 2.39 bits per heavy atom. The predicted molar refractivity (Wildman–Crippen MR) is 124 cm³/mol. The fraction of sp³-hybridized carbons (Fsp3) is 0.308. The summed E-state index contributed by atoms with van der Waals surface area (Å²) in [7, 11) is 0. The first-order valence-electron chi connectivity index (χ1n) is 11.1. The van der Waals surface area contributed by atoms with Gasteiger partial charge in [-0.25, -0.2) is 0 Å². The molecule has 0 bridgehead atoms. The number of benzene rings is 3. The molecule has 1 aromatic heterocycles. The van der Waals surface area contributed by atoms with E-state index < -0.39 is 0 Å². The van der Waals surface area contributed by atoms with Gasteiger partial charge in [0.2, 0.25) is 11.8 Å².